The van der Waals surface area contributed by atoms with Crippen molar-refractivity contribution in [2.45, 2.75) is 58.7 Å². The molecule has 2 atom stereocenters. The molecule has 0 aliphatic rings. The number of amides is 2. The van der Waals surface area contributed by atoms with Crippen LogP contribution in [0.5, 0.6) is 0 Å². The molecular weight excluding hydrogens is 427 g/mol. The lowest BCUT2D eigenvalue weighted by molar-refractivity contribution is -0.141. The van der Waals surface area contributed by atoms with E-state index in [9.17, 15) is 14.0 Å². The molecule has 0 spiro atoms. The minimum Gasteiger partial charge on any atom is -0.352 e. The molecule has 2 amide bonds. The van der Waals surface area contributed by atoms with Gasteiger partial charge < -0.3 is 10.2 Å². The second-order valence-corrected chi connectivity index (χ2v) is 8.83. The molecule has 0 unspecified atom stereocenters. The van der Waals surface area contributed by atoms with Gasteiger partial charge in [0.2, 0.25) is 11.8 Å². The Kier molecular flexibility index (Phi) is 8.97. The lowest BCUT2D eigenvalue weighted by Crippen LogP contribution is -2.52. The van der Waals surface area contributed by atoms with Crippen molar-refractivity contribution in [1.29, 1.82) is 0 Å². The van der Waals surface area contributed by atoms with Gasteiger partial charge in [-0.3, -0.25) is 9.59 Å². The number of hydrogen-bond donors (Lipinski definition) is 1. The number of carbonyl (C=O) groups excluding carboxylic acids is 2. The Morgan fingerprint density at radius 1 is 0.882 bits per heavy atom. The summed E-state index contributed by atoms with van der Waals surface area (Å²) >= 11 is 0. The predicted octanol–water partition coefficient (Wildman–Crippen LogP) is 5.23. The van der Waals surface area contributed by atoms with Gasteiger partial charge in [-0.25, -0.2) is 4.39 Å². The van der Waals surface area contributed by atoms with Crippen molar-refractivity contribution in [3.63, 3.8) is 0 Å². The summed E-state index contributed by atoms with van der Waals surface area (Å²) in [6.45, 7) is 6.30. The molecule has 3 aromatic carbocycles. The van der Waals surface area contributed by atoms with Crippen LogP contribution in [-0.2, 0) is 29.0 Å². The molecule has 3 aromatic rings. The van der Waals surface area contributed by atoms with Gasteiger partial charge in [-0.2, -0.15) is 0 Å². The second-order valence-electron chi connectivity index (χ2n) is 8.83. The molecule has 178 valence electrons. The van der Waals surface area contributed by atoms with Crippen molar-refractivity contribution in [3.8, 4) is 0 Å². The zero-order valence-electron chi connectivity index (χ0n) is 20.1. The summed E-state index contributed by atoms with van der Waals surface area (Å²) in [7, 11) is 0. The molecule has 0 saturated heterocycles. The van der Waals surface area contributed by atoms with E-state index in [1.807, 2.05) is 75.4 Å². The van der Waals surface area contributed by atoms with Crippen molar-refractivity contribution in [2.75, 3.05) is 0 Å². The molecule has 0 heterocycles. The van der Waals surface area contributed by atoms with E-state index in [0.717, 1.165) is 23.1 Å². The fraction of sp³-hybridized carbons (Fsp3) is 0.310. The summed E-state index contributed by atoms with van der Waals surface area (Å²) in [5.41, 5.74) is 3.77. The molecule has 34 heavy (non-hydrogen) atoms. The van der Waals surface area contributed by atoms with Gasteiger partial charge >= 0.3 is 0 Å². The van der Waals surface area contributed by atoms with Crippen LogP contribution in [0.4, 0.5) is 4.39 Å². The van der Waals surface area contributed by atoms with Crippen LogP contribution in [0.25, 0.3) is 0 Å². The van der Waals surface area contributed by atoms with Gasteiger partial charge in [0, 0.05) is 19.0 Å². The first-order chi connectivity index (χ1) is 16.4. The maximum atomic E-state index is 13.6. The summed E-state index contributed by atoms with van der Waals surface area (Å²) in [5, 5.41) is 3.07. The molecule has 3 rings (SSSR count). The van der Waals surface area contributed by atoms with Crippen LogP contribution in [0.3, 0.4) is 0 Å². The van der Waals surface area contributed by atoms with E-state index in [1.165, 1.54) is 12.1 Å². The lowest BCUT2D eigenvalue weighted by atomic mass is 10.0. The Hall–Kier alpha value is -3.47. The molecule has 5 heteroatoms. The summed E-state index contributed by atoms with van der Waals surface area (Å²) in [6.07, 6.45) is 1.30. The smallest absolute Gasteiger partial charge is 0.243 e. The van der Waals surface area contributed by atoms with E-state index >= 15 is 0 Å². The summed E-state index contributed by atoms with van der Waals surface area (Å²) < 4.78 is 13.4. The first kappa shape index (κ1) is 25.2. The molecule has 0 aliphatic carbocycles. The zero-order valence-corrected chi connectivity index (χ0v) is 20.1. The van der Waals surface area contributed by atoms with Crippen LogP contribution in [-0.4, -0.2) is 28.8 Å². The summed E-state index contributed by atoms with van der Waals surface area (Å²) in [6, 6.07) is 23.0. The average Bonchev–Trinajstić information content (AvgIpc) is 2.84. The summed E-state index contributed by atoms with van der Waals surface area (Å²) in [4.78, 5) is 28.7. The van der Waals surface area contributed by atoms with Crippen LogP contribution >= 0.6 is 0 Å². The van der Waals surface area contributed by atoms with Crippen LogP contribution in [0.1, 0.15) is 42.5 Å². The van der Waals surface area contributed by atoms with E-state index in [1.54, 1.807) is 17.0 Å². The van der Waals surface area contributed by atoms with Crippen molar-refractivity contribution in [3.05, 3.63) is 107 Å². The maximum absolute atomic E-state index is 13.6. The van der Waals surface area contributed by atoms with Gasteiger partial charge in [0.05, 0.1) is 6.42 Å². The lowest BCUT2D eigenvalue weighted by Gasteiger charge is -2.32. The van der Waals surface area contributed by atoms with Crippen LogP contribution in [0, 0.1) is 12.7 Å². The third-order valence-electron chi connectivity index (χ3n) is 6.01. The second kappa shape index (κ2) is 12.1. The number of carbonyl (C=O) groups is 2. The number of benzene rings is 3. The Morgan fingerprint density at radius 3 is 2.12 bits per heavy atom. The number of nitrogens with one attached hydrogen (secondary N) is 1. The number of hydrogen-bond acceptors (Lipinski definition) is 2. The molecular formula is C29H33FN2O2. The standard InChI is InChI=1S/C29H33FN2O2/c1-4-22(3)31-29(34)27(18-23-8-6-5-7-9-23)32(20-25-12-10-21(2)11-13-25)28(33)19-24-14-16-26(30)17-15-24/h5-17,22,27H,4,18-20H2,1-3H3,(H,31,34)/t22-,27-/m1/s1. The zero-order chi connectivity index (χ0) is 24.5. The third-order valence-corrected chi connectivity index (χ3v) is 6.01. The van der Waals surface area contributed by atoms with Crippen LogP contribution in [0.15, 0.2) is 78.9 Å². The van der Waals surface area contributed by atoms with Gasteiger partial charge in [-0.05, 0) is 49.1 Å². The third kappa shape index (κ3) is 7.27. The Labute approximate surface area is 201 Å². The monoisotopic (exact) mass is 460 g/mol. The molecule has 0 aliphatic heterocycles. The van der Waals surface area contributed by atoms with Crippen molar-refractivity contribution < 1.29 is 14.0 Å². The number of aryl methyl sites for hydroxylation is 1. The molecule has 0 radical (unpaired) electrons. The molecule has 0 aromatic heterocycles. The largest absolute Gasteiger partial charge is 0.352 e. The quantitative estimate of drug-likeness (QED) is 0.450. The van der Waals surface area contributed by atoms with Gasteiger partial charge in [0.25, 0.3) is 0 Å². The average molecular weight is 461 g/mol. The molecule has 0 fully saturated rings. The Bertz CT molecular complexity index is 1070. The maximum Gasteiger partial charge on any atom is 0.243 e. The normalized spacial score (nSPS) is 12.6. The van der Waals surface area contributed by atoms with E-state index in [4.69, 9.17) is 0 Å². The first-order valence-electron chi connectivity index (χ1n) is 11.8. The molecule has 1 N–H and O–H groups in total. The van der Waals surface area contributed by atoms with Crippen molar-refractivity contribution in [1.82, 2.24) is 10.2 Å². The Balaban J connectivity index is 1.95. The van der Waals surface area contributed by atoms with Gasteiger partial charge in [0.1, 0.15) is 11.9 Å². The summed E-state index contributed by atoms with van der Waals surface area (Å²) in [5.74, 6) is -0.687. The van der Waals surface area contributed by atoms with Gasteiger partial charge in [-0.1, -0.05) is 79.2 Å². The van der Waals surface area contributed by atoms with E-state index in [-0.39, 0.29) is 30.1 Å². The molecule has 0 bridgehead atoms. The fourth-order valence-corrected chi connectivity index (χ4v) is 3.76. The van der Waals surface area contributed by atoms with Gasteiger partial charge in [0.15, 0.2) is 0 Å². The Morgan fingerprint density at radius 2 is 1.50 bits per heavy atom. The van der Waals surface area contributed by atoms with Crippen molar-refractivity contribution in [2.24, 2.45) is 0 Å². The topological polar surface area (TPSA) is 49.4 Å². The van der Waals surface area contributed by atoms with E-state index in [2.05, 4.69) is 5.32 Å². The minimum atomic E-state index is -0.675. The molecule has 0 saturated carbocycles. The highest BCUT2D eigenvalue weighted by Gasteiger charge is 2.31. The SMILES string of the molecule is CC[C@@H](C)NC(=O)[C@@H](Cc1ccccc1)N(Cc1ccc(C)cc1)C(=O)Cc1ccc(F)cc1. The van der Waals surface area contributed by atoms with Gasteiger partial charge in [-0.15, -0.1) is 0 Å². The van der Waals surface area contributed by atoms with Crippen molar-refractivity contribution >= 4 is 11.8 Å². The predicted molar refractivity (Wildman–Crippen MR) is 134 cm³/mol. The molecule has 4 nitrogen and oxygen atoms in total. The number of halogens is 1. The fourth-order valence-electron chi connectivity index (χ4n) is 3.76. The minimum absolute atomic E-state index is 0.000742. The van der Waals surface area contributed by atoms with E-state index in [0.29, 0.717) is 18.5 Å². The van der Waals surface area contributed by atoms with Crippen LogP contribution in [0.2, 0.25) is 0 Å². The highest BCUT2D eigenvalue weighted by molar-refractivity contribution is 5.89. The highest BCUT2D eigenvalue weighted by Crippen LogP contribution is 2.17. The van der Waals surface area contributed by atoms with Crippen LogP contribution < -0.4 is 5.32 Å². The number of nitrogens with zero attached hydrogens (tertiary/aromatic N) is 1. The first-order valence-corrected chi connectivity index (χ1v) is 11.8. The highest BCUT2D eigenvalue weighted by atomic mass is 19.1. The van der Waals surface area contributed by atoms with E-state index < -0.39 is 6.04 Å². The number of rotatable bonds is 10.